The molecule has 1 aromatic heterocycles. The first kappa shape index (κ1) is 13.3. The number of nitrogens with zero attached hydrogens (tertiary/aromatic N) is 2. The van der Waals surface area contributed by atoms with E-state index in [0.29, 0.717) is 11.3 Å². The number of nitrogens with one attached hydrogen (secondary N) is 1. The summed E-state index contributed by atoms with van der Waals surface area (Å²) in [6.07, 6.45) is 3.97. The van der Waals surface area contributed by atoms with E-state index in [1.807, 2.05) is 29.7 Å². The molecule has 1 aliphatic heterocycles. The number of hydrogen-bond acceptors (Lipinski definition) is 5. The quantitative estimate of drug-likeness (QED) is 0.619. The molecular formula is C11H20N4S2. The van der Waals surface area contributed by atoms with Crippen molar-refractivity contribution in [1.29, 1.82) is 0 Å². The highest BCUT2D eigenvalue weighted by molar-refractivity contribution is 8.06. The molecule has 1 aromatic rings. The first-order valence-corrected chi connectivity index (χ1v) is 8.14. The summed E-state index contributed by atoms with van der Waals surface area (Å²) in [7, 11) is 1.99. The minimum Gasteiger partial charge on any atom is -0.273 e. The lowest BCUT2D eigenvalue weighted by Crippen LogP contribution is -2.45. The second kappa shape index (κ2) is 6.68. The molecule has 96 valence electrons. The van der Waals surface area contributed by atoms with Crippen molar-refractivity contribution in [3.8, 4) is 0 Å². The van der Waals surface area contributed by atoms with Crippen molar-refractivity contribution in [2.75, 3.05) is 17.3 Å². The van der Waals surface area contributed by atoms with E-state index >= 15 is 0 Å². The van der Waals surface area contributed by atoms with Crippen LogP contribution in [0.3, 0.4) is 0 Å². The zero-order chi connectivity index (χ0) is 12.1. The molecule has 0 radical (unpaired) electrons. The van der Waals surface area contributed by atoms with Gasteiger partial charge in [-0.15, -0.1) is 0 Å². The maximum absolute atomic E-state index is 5.69. The van der Waals surface area contributed by atoms with Crippen LogP contribution in [0.1, 0.15) is 12.1 Å². The van der Waals surface area contributed by atoms with Crippen molar-refractivity contribution in [2.45, 2.75) is 24.1 Å². The third-order valence-electron chi connectivity index (χ3n) is 3.14. The lowest BCUT2D eigenvalue weighted by Gasteiger charge is -2.29. The molecule has 6 heteroatoms. The van der Waals surface area contributed by atoms with E-state index in [4.69, 9.17) is 5.84 Å². The molecule has 3 N–H and O–H groups in total. The molecule has 2 unspecified atom stereocenters. The van der Waals surface area contributed by atoms with Gasteiger partial charge in [0.1, 0.15) is 0 Å². The average Bonchev–Trinajstić information content (AvgIpc) is 2.77. The highest BCUT2D eigenvalue weighted by Gasteiger charge is 2.23. The smallest absolute Gasteiger partial charge is 0.0492 e. The second-order valence-corrected chi connectivity index (χ2v) is 6.74. The summed E-state index contributed by atoms with van der Waals surface area (Å²) in [5, 5.41) is 4.83. The van der Waals surface area contributed by atoms with Gasteiger partial charge in [0.2, 0.25) is 0 Å². The molecule has 1 aliphatic rings. The molecule has 0 amide bonds. The van der Waals surface area contributed by atoms with Crippen LogP contribution in [0.25, 0.3) is 0 Å². The van der Waals surface area contributed by atoms with E-state index in [-0.39, 0.29) is 0 Å². The first-order valence-electron chi connectivity index (χ1n) is 5.93. The summed E-state index contributed by atoms with van der Waals surface area (Å²) in [5.41, 5.74) is 4.27. The standard InChI is InChI=1S/C11H20N4S2/c1-15-9(4-5-13-15)2-3-10(14-12)11-8-16-6-7-17-11/h4-5,10-11,14H,2-3,6-8,12H2,1H3. The monoisotopic (exact) mass is 272 g/mol. The van der Waals surface area contributed by atoms with Crippen molar-refractivity contribution in [3.63, 3.8) is 0 Å². The van der Waals surface area contributed by atoms with Crippen molar-refractivity contribution < 1.29 is 0 Å². The largest absolute Gasteiger partial charge is 0.273 e. The Hall–Kier alpha value is -0.170. The van der Waals surface area contributed by atoms with Gasteiger partial charge in [-0.2, -0.15) is 28.6 Å². The summed E-state index contributed by atoms with van der Waals surface area (Å²) in [5.74, 6) is 9.43. The molecule has 1 fully saturated rings. The Balaban J connectivity index is 1.84. The SMILES string of the molecule is Cn1nccc1CCC(NN)C1CSCCS1. The molecule has 4 nitrogen and oxygen atoms in total. The highest BCUT2D eigenvalue weighted by Crippen LogP contribution is 2.27. The third kappa shape index (κ3) is 3.64. The van der Waals surface area contributed by atoms with Crippen molar-refractivity contribution in [3.05, 3.63) is 18.0 Å². The number of hydrazine groups is 1. The first-order chi connectivity index (χ1) is 8.31. The maximum atomic E-state index is 5.69. The normalized spacial score (nSPS) is 22.6. The van der Waals surface area contributed by atoms with Crippen LogP contribution in [0.15, 0.2) is 12.3 Å². The van der Waals surface area contributed by atoms with Crippen molar-refractivity contribution >= 4 is 23.5 Å². The van der Waals surface area contributed by atoms with E-state index in [9.17, 15) is 0 Å². The lowest BCUT2D eigenvalue weighted by atomic mass is 10.1. The molecule has 2 atom stereocenters. The van der Waals surface area contributed by atoms with Gasteiger partial charge in [0.25, 0.3) is 0 Å². The maximum Gasteiger partial charge on any atom is 0.0492 e. The number of thioether (sulfide) groups is 2. The van der Waals surface area contributed by atoms with Crippen molar-refractivity contribution in [1.82, 2.24) is 15.2 Å². The number of aryl methyl sites for hydroxylation is 2. The number of hydrogen-bond donors (Lipinski definition) is 2. The van der Waals surface area contributed by atoms with Gasteiger partial charge < -0.3 is 0 Å². The fraction of sp³-hybridized carbons (Fsp3) is 0.727. The molecule has 0 spiro atoms. The van der Waals surface area contributed by atoms with Gasteiger partial charge in [0, 0.05) is 47.5 Å². The van der Waals surface area contributed by atoms with E-state index in [2.05, 4.69) is 28.4 Å². The van der Waals surface area contributed by atoms with Crippen LogP contribution in [0.2, 0.25) is 0 Å². The molecule has 17 heavy (non-hydrogen) atoms. The fourth-order valence-electron chi connectivity index (χ4n) is 2.06. The third-order valence-corrected chi connectivity index (χ3v) is 6.06. The molecule has 0 aliphatic carbocycles. The fourth-order valence-corrected chi connectivity index (χ4v) is 4.98. The Morgan fingerprint density at radius 1 is 1.65 bits per heavy atom. The number of aromatic nitrogens is 2. The molecule has 1 saturated heterocycles. The molecule has 0 aromatic carbocycles. The molecular weight excluding hydrogens is 252 g/mol. The summed E-state index contributed by atoms with van der Waals surface area (Å²) >= 11 is 4.09. The topological polar surface area (TPSA) is 55.9 Å². The highest BCUT2D eigenvalue weighted by atomic mass is 32.2. The Bertz CT molecular complexity index is 336. The van der Waals surface area contributed by atoms with Gasteiger partial charge in [-0.25, -0.2) is 0 Å². The summed E-state index contributed by atoms with van der Waals surface area (Å²) < 4.78 is 1.94. The molecule has 2 rings (SSSR count). The number of nitrogens with two attached hydrogens (primary N) is 1. The summed E-state index contributed by atoms with van der Waals surface area (Å²) in [6, 6.07) is 2.48. The van der Waals surface area contributed by atoms with Crippen LogP contribution in [0, 0.1) is 0 Å². The van der Waals surface area contributed by atoms with Gasteiger partial charge in [-0.05, 0) is 18.9 Å². The molecule has 2 heterocycles. The van der Waals surface area contributed by atoms with Crippen LogP contribution in [-0.2, 0) is 13.5 Å². The minimum absolute atomic E-state index is 0.405. The van der Waals surface area contributed by atoms with Gasteiger partial charge >= 0.3 is 0 Å². The van der Waals surface area contributed by atoms with Crippen LogP contribution < -0.4 is 11.3 Å². The zero-order valence-corrected chi connectivity index (χ0v) is 11.8. The van der Waals surface area contributed by atoms with E-state index in [0.717, 1.165) is 12.8 Å². The van der Waals surface area contributed by atoms with Crippen LogP contribution in [-0.4, -0.2) is 38.3 Å². The summed E-state index contributed by atoms with van der Waals surface area (Å²) in [4.78, 5) is 0. The van der Waals surface area contributed by atoms with Gasteiger partial charge in [-0.3, -0.25) is 16.0 Å². The average molecular weight is 272 g/mol. The Labute approximate surface area is 111 Å². The summed E-state index contributed by atoms with van der Waals surface area (Å²) in [6.45, 7) is 0. The van der Waals surface area contributed by atoms with Gasteiger partial charge in [-0.1, -0.05) is 0 Å². The Morgan fingerprint density at radius 2 is 2.53 bits per heavy atom. The Kier molecular flexibility index (Phi) is 5.21. The zero-order valence-electron chi connectivity index (χ0n) is 10.1. The minimum atomic E-state index is 0.405. The molecule has 0 saturated carbocycles. The second-order valence-electron chi connectivity index (χ2n) is 4.24. The van der Waals surface area contributed by atoms with Crippen molar-refractivity contribution in [2.24, 2.45) is 12.9 Å². The van der Waals surface area contributed by atoms with E-state index in [1.54, 1.807) is 0 Å². The Morgan fingerprint density at radius 3 is 3.12 bits per heavy atom. The molecule has 0 bridgehead atoms. The predicted molar refractivity (Wildman–Crippen MR) is 76.2 cm³/mol. The van der Waals surface area contributed by atoms with Crippen LogP contribution in [0.5, 0.6) is 0 Å². The van der Waals surface area contributed by atoms with Gasteiger partial charge in [0.05, 0.1) is 0 Å². The van der Waals surface area contributed by atoms with Crippen LogP contribution in [0.4, 0.5) is 0 Å². The van der Waals surface area contributed by atoms with E-state index < -0.39 is 0 Å². The van der Waals surface area contributed by atoms with Crippen LogP contribution >= 0.6 is 23.5 Å². The van der Waals surface area contributed by atoms with Gasteiger partial charge in [0.15, 0.2) is 0 Å². The number of rotatable bonds is 5. The van der Waals surface area contributed by atoms with E-state index in [1.165, 1.54) is 23.0 Å². The lowest BCUT2D eigenvalue weighted by molar-refractivity contribution is 0.485. The predicted octanol–water partition coefficient (Wildman–Crippen LogP) is 1.03.